The van der Waals surface area contributed by atoms with Crippen LogP contribution in [0.4, 0.5) is 0 Å². The minimum absolute atomic E-state index is 0.00230. The van der Waals surface area contributed by atoms with Gasteiger partial charge in [0.15, 0.2) is 11.6 Å². The predicted molar refractivity (Wildman–Crippen MR) is 127 cm³/mol. The Morgan fingerprint density at radius 3 is 2.68 bits per heavy atom. The highest BCUT2D eigenvalue weighted by Gasteiger charge is 2.30. The third kappa shape index (κ3) is 4.26. The van der Waals surface area contributed by atoms with Gasteiger partial charge in [-0.25, -0.2) is 9.50 Å². The summed E-state index contributed by atoms with van der Waals surface area (Å²) in [6.45, 7) is 0. The number of ether oxygens (including phenoxy) is 2. The van der Waals surface area contributed by atoms with Crippen molar-refractivity contribution in [2.24, 2.45) is 0 Å². The summed E-state index contributed by atoms with van der Waals surface area (Å²) in [6, 6.07) is 14.7. The minimum atomic E-state index is -0.0592. The van der Waals surface area contributed by atoms with Gasteiger partial charge in [0.25, 0.3) is 5.78 Å². The van der Waals surface area contributed by atoms with E-state index in [1.807, 2.05) is 36.4 Å². The molecule has 2 aromatic carbocycles. The fraction of sp³-hybridized carbons (Fsp3) is 0.240. The van der Waals surface area contributed by atoms with Crippen LogP contribution >= 0.6 is 11.8 Å². The molecule has 0 saturated heterocycles. The van der Waals surface area contributed by atoms with E-state index in [4.69, 9.17) is 9.47 Å². The zero-order chi connectivity index (χ0) is 23.7. The number of carbonyl (C=O) groups excluding carboxylic acids is 2. The maximum absolute atomic E-state index is 13.0. The predicted octanol–water partition coefficient (Wildman–Crippen LogP) is 4.03. The molecule has 2 aromatic heterocycles. The molecule has 0 N–H and O–H groups in total. The van der Waals surface area contributed by atoms with Crippen LogP contribution in [-0.2, 0) is 6.42 Å². The lowest BCUT2D eigenvalue weighted by molar-refractivity contribution is 0.0961. The highest BCUT2D eigenvalue weighted by Crippen LogP contribution is 2.38. The summed E-state index contributed by atoms with van der Waals surface area (Å²) in [5, 5.41) is 4.86. The van der Waals surface area contributed by atoms with Gasteiger partial charge in [0.05, 0.1) is 31.2 Å². The minimum Gasteiger partial charge on any atom is -0.497 e. The molecule has 8 nitrogen and oxygen atoms in total. The van der Waals surface area contributed by atoms with Gasteiger partial charge < -0.3 is 9.47 Å². The van der Waals surface area contributed by atoms with E-state index in [-0.39, 0.29) is 23.2 Å². The van der Waals surface area contributed by atoms with Crippen LogP contribution in [0.25, 0.3) is 5.78 Å². The lowest BCUT2D eigenvalue weighted by atomic mass is 9.82. The summed E-state index contributed by atoms with van der Waals surface area (Å²) < 4.78 is 12.3. The van der Waals surface area contributed by atoms with Crippen LogP contribution in [-0.4, -0.2) is 51.1 Å². The van der Waals surface area contributed by atoms with Crippen molar-refractivity contribution in [1.29, 1.82) is 0 Å². The van der Waals surface area contributed by atoms with Crippen LogP contribution in [0.1, 0.15) is 44.3 Å². The molecule has 4 aromatic rings. The van der Waals surface area contributed by atoms with Crippen molar-refractivity contribution < 1.29 is 19.1 Å². The molecule has 0 bridgehead atoms. The molecule has 1 aliphatic carbocycles. The van der Waals surface area contributed by atoms with Gasteiger partial charge in [-0.05, 0) is 18.1 Å². The summed E-state index contributed by atoms with van der Waals surface area (Å²) >= 11 is 1.25. The van der Waals surface area contributed by atoms with Gasteiger partial charge in [-0.3, -0.25) is 9.59 Å². The fourth-order valence-electron chi connectivity index (χ4n) is 4.14. The van der Waals surface area contributed by atoms with Crippen molar-refractivity contribution in [3.8, 4) is 11.5 Å². The molecule has 2 heterocycles. The van der Waals surface area contributed by atoms with E-state index in [1.54, 1.807) is 32.5 Å². The Balaban J connectivity index is 1.38. The van der Waals surface area contributed by atoms with Crippen molar-refractivity contribution in [2.75, 3.05) is 20.0 Å². The Morgan fingerprint density at radius 2 is 1.91 bits per heavy atom. The van der Waals surface area contributed by atoms with Gasteiger partial charge >= 0.3 is 0 Å². The van der Waals surface area contributed by atoms with Crippen molar-refractivity contribution in [3.05, 3.63) is 77.1 Å². The molecule has 9 heteroatoms. The average Bonchev–Trinajstić information content (AvgIpc) is 3.28. The Labute approximate surface area is 200 Å². The summed E-state index contributed by atoms with van der Waals surface area (Å²) in [5.41, 5.74) is 2.84. The molecule has 0 radical (unpaired) electrons. The van der Waals surface area contributed by atoms with Crippen LogP contribution in [0, 0.1) is 0 Å². The Hall–Kier alpha value is -3.72. The zero-order valence-corrected chi connectivity index (χ0v) is 19.5. The number of aromatic nitrogens is 4. The number of ketones is 2. The number of nitrogens with zero attached hydrogens (tertiary/aromatic N) is 4. The van der Waals surface area contributed by atoms with Crippen molar-refractivity contribution in [2.45, 2.75) is 23.9 Å². The standard InChI is InChI=1S/C25H22N4O4S/c1-32-17-8-9-18(23(12-17)33-2)16-10-20-19(21(30)11-16)13-29-24(26-20)27-25(28-29)34-14-22(31)15-6-4-3-5-7-15/h3-9,12-13,16H,10-11,14H2,1-2H3. The first-order valence-electron chi connectivity index (χ1n) is 10.8. The van der Waals surface area contributed by atoms with Crippen LogP contribution in [0.15, 0.2) is 59.9 Å². The molecule has 1 atom stereocenters. The van der Waals surface area contributed by atoms with Gasteiger partial charge in [0.1, 0.15) is 11.5 Å². The Kier molecular flexibility index (Phi) is 6.02. The number of methoxy groups -OCH3 is 2. The highest BCUT2D eigenvalue weighted by atomic mass is 32.2. The van der Waals surface area contributed by atoms with E-state index in [0.29, 0.717) is 52.1 Å². The molecule has 172 valence electrons. The van der Waals surface area contributed by atoms with Crippen LogP contribution in [0.3, 0.4) is 0 Å². The molecule has 0 amide bonds. The highest BCUT2D eigenvalue weighted by molar-refractivity contribution is 7.99. The number of rotatable bonds is 7. The second kappa shape index (κ2) is 9.26. The number of fused-ring (bicyclic) bond motifs is 2. The van der Waals surface area contributed by atoms with E-state index in [2.05, 4.69) is 15.1 Å². The Morgan fingerprint density at radius 1 is 1.09 bits per heavy atom. The van der Waals surface area contributed by atoms with E-state index in [1.165, 1.54) is 16.3 Å². The molecule has 1 unspecified atom stereocenters. The second-order valence-corrected chi connectivity index (χ2v) is 8.90. The monoisotopic (exact) mass is 474 g/mol. The maximum atomic E-state index is 13.0. The first-order chi connectivity index (χ1) is 16.6. The molecular weight excluding hydrogens is 452 g/mol. The first-order valence-corrected chi connectivity index (χ1v) is 11.8. The van der Waals surface area contributed by atoms with Crippen molar-refractivity contribution in [1.82, 2.24) is 19.6 Å². The van der Waals surface area contributed by atoms with Gasteiger partial charge in [-0.2, -0.15) is 4.98 Å². The molecule has 0 spiro atoms. The zero-order valence-electron chi connectivity index (χ0n) is 18.7. The van der Waals surface area contributed by atoms with Gasteiger partial charge in [-0.1, -0.05) is 48.2 Å². The number of Topliss-reactive ketones (excluding diaryl/α,β-unsaturated/α-hetero) is 2. The summed E-state index contributed by atoms with van der Waals surface area (Å²) in [5.74, 6) is 1.96. The van der Waals surface area contributed by atoms with E-state index in [9.17, 15) is 9.59 Å². The molecule has 0 aliphatic heterocycles. The van der Waals surface area contributed by atoms with E-state index < -0.39 is 0 Å². The molecule has 0 saturated carbocycles. The number of benzene rings is 2. The van der Waals surface area contributed by atoms with Gasteiger partial charge in [-0.15, -0.1) is 5.10 Å². The normalized spacial score (nSPS) is 15.2. The number of carbonyl (C=O) groups is 2. The van der Waals surface area contributed by atoms with Gasteiger partial charge in [0.2, 0.25) is 5.16 Å². The lowest BCUT2D eigenvalue weighted by Gasteiger charge is -2.24. The number of hydrogen-bond acceptors (Lipinski definition) is 8. The second-order valence-electron chi connectivity index (χ2n) is 7.95. The lowest BCUT2D eigenvalue weighted by Crippen LogP contribution is -2.21. The topological polar surface area (TPSA) is 95.7 Å². The Bertz CT molecular complexity index is 1390. The molecule has 34 heavy (non-hydrogen) atoms. The molecular formula is C25H22N4O4S. The third-order valence-corrected chi connectivity index (χ3v) is 6.71. The van der Waals surface area contributed by atoms with Crippen molar-refractivity contribution in [3.63, 3.8) is 0 Å². The van der Waals surface area contributed by atoms with Gasteiger partial charge in [0, 0.05) is 30.2 Å². The number of thioether (sulfide) groups is 1. The fourth-order valence-corrected chi connectivity index (χ4v) is 4.86. The summed E-state index contributed by atoms with van der Waals surface area (Å²) in [6.07, 6.45) is 2.63. The largest absolute Gasteiger partial charge is 0.497 e. The van der Waals surface area contributed by atoms with E-state index in [0.717, 1.165) is 5.56 Å². The first kappa shape index (κ1) is 22.1. The van der Waals surface area contributed by atoms with Crippen LogP contribution in [0.2, 0.25) is 0 Å². The SMILES string of the molecule is COc1ccc(C2CC(=O)c3cn4nc(SCC(=O)c5ccccc5)nc4nc3C2)c(OC)c1. The quantitative estimate of drug-likeness (QED) is 0.293. The summed E-state index contributed by atoms with van der Waals surface area (Å²) in [4.78, 5) is 34.5. The number of hydrogen-bond donors (Lipinski definition) is 0. The van der Waals surface area contributed by atoms with Crippen molar-refractivity contribution >= 4 is 29.1 Å². The smallest absolute Gasteiger partial charge is 0.253 e. The molecule has 5 rings (SSSR count). The van der Waals surface area contributed by atoms with Crippen LogP contribution in [0.5, 0.6) is 11.5 Å². The average molecular weight is 475 g/mol. The maximum Gasteiger partial charge on any atom is 0.253 e. The summed E-state index contributed by atoms with van der Waals surface area (Å²) in [7, 11) is 3.21. The molecule has 1 aliphatic rings. The molecule has 0 fully saturated rings. The third-order valence-electron chi connectivity index (χ3n) is 5.87. The van der Waals surface area contributed by atoms with Crippen LogP contribution < -0.4 is 9.47 Å². The van der Waals surface area contributed by atoms with E-state index >= 15 is 0 Å².